The Kier molecular flexibility index (Phi) is 3.71. The molecule has 5 nitrogen and oxygen atoms in total. The zero-order valence-corrected chi connectivity index (χ0v) is 10.5. The van der Waals surface area contributed by atoms with E-state index < -0.39 is 0 Å². The summed E-state index contributed by atoms with van der Waals surface area (Å²) in [6, 6.07) is 3.84. The van der Waals surface area contributed by atoms with E-state index in [1.807, 2.05) is 24.1 Å². The number of anilines is 1. The maximum absolute atomic E-state index is 5.71. The molecule has 0 unspecified atom stereocenters. The van der Waals surface area contributed by atoms with Gasteiger partial charge >= 0.3 is 0 Å². The van der Waals surface area contributed by atoms with Gasteiger partial charge in [-0.1, -0.05) is 0 Å². The van der Waals surface area contributed by atoms with Gasteiger partial charge in [-0.25, -0.2) is 0 Å². The monoisotopic (exact) mass is 269 g/mol. The SMILES string of the molecule is CN(Cc1ccncc1)c1nc(Cl)nc(Cl)n1. The van der Waals surface area contributed by atoms with E-state index in [0.717, 1.165) is 5.56 Å². The zero-order chi connectivity index (χ0) is 12.3. The van der Waals surface area contributed by atoms with Gasteiger partial charge in [0.05, 0.1) is 0 Å². The molecule has 0 bridgehead atoms. The van der Waals surface area contributed by atoms with Gasteiger partial charge in [-0.2, -0.15) is 15.0 Å². The van der Waals surface area contributed by atoms with Gasteiger partial charge in [0, 0.05) is 26.0 Å². The van der Waals surface area contributed by atoms with Gasteiger partial charge in [0.2, 0.25) is 16.5 Å². The number of hydrogen-bond donors (Lipinski definition) is 0. The van der Waals surface area contributed by atoms with Gasteiger partial charge in [0.15, 0.2) is 0 Å². The van der Waals surface area contributed by atoms with Crippen LogP contribution in [0.15, 0.2) is 24.5 Å². The minimum atomic E-state index is 0.0848. The lowest BCUT2D eigenvalue weighted by Gasteiger charge is -2.16. The summed E-state index contributed by atoms with van der Waals surface area (Å²) >= 11 is 11.4. The quantitative estimate of drug-likeness (QED) is 0.855. The summed E-state index contributed by atoms with van der Waals surface area (Å²) in [5.41, 5.74) is 1.09. The lowest BCUT2D eigenvalue weighted by atomic mass is 10.2. The fourth-order valence-corrected chi connectivity index (χ4v) is 1.67. The lowest BCUT2D eigenvalue weighted by molar-refractivity contribution is 0.851. The third kappa shape index (κ3) is 3.25. The van der Waals surface area contributed by atoms with E-state index in [1.165, 1.54) is 0 Å². The van der Waals surface area contributed by atoms with Crippen LogP contribution in [0.5, 0.6) is 0 Å². The van der Waals surface area contributed by atoms with Crippen molar-refractivity contribution in [1.29, 1.82) is 0 Å². The molecule has 88 valence electrons. The molecule has 0 amide bonds. The molecule has 0 fully saturated rings. The van der Waals surface area contributed by atoms with Crippen LogP contribution in [0.3, 0.4) is 0 Å². The third-order valence-electron chi connectivity index (χ3n) is 2.08. The van der Waals surface area contributed by atoms with Crippen molar-refractivity contribution in [3.05, 3.63) is 40.7 Å². The number of rotatable bonds is 3. The smallest absolute Gasteiger partial charge is 0.231 e. The summed E-state index contributed by atoms with van der Waals surface area (Å²) in [7, 11) is 1.85. The van der Waals surface area contributed by atoms with E-state index in [0.29, 0.717) is 12.5 Å². The first kappa shape index (κ1) is 12.0. The van der Waals surface area contributed by atoms with Crippen molar-refractivity contribution >= 4 is 29.2 Å². The Balaban J connectivity index is 2.17. The third-order valence-corrected chi connectivity index (χ3v) is 2.42. The van der Waals surface area contributed by atoms with Crippen molar-refractivity contribution in [2.75, 3.05) is 11.9 Å². The van der Waals surface area contributed by atoms with Crippen LogP contribution >= 0.6 is 23.2 Å². The molecule has 2 aromatic rings. The minimum absolute atomic E-state index is 0.0848. The molecular formula is C10H9Cl2N5. The van der Waals surface area contributed by atoms with Gasteiger partial charge < -0.3 is 4.90 Å². The van der Waals surface area contributed by atoms with Gasteiger partial charge in [-0.15, -0.1) is 0 Å². The Hall–Kier alpha value is -1.46. The number of pyridine rings is 1. The van der Waals surface area contributed by atoms with E-state index >= 15 is 0 Å². The molecule has 0 aliphatic heterocycles. The van der Waals surface area contributed by atoms with Crippen molar-refractivity contribution in [3.63, 3.8) is 0 Å². The fourth-order valence-electron chi connectivity index (χ4n) is 1.32. The predicted molar refractivity (Wildman–Crippen MR) is 66.2 cm³/mol. The highest BCUT2D eigenvalue weighted by molar-refractivity contribution is 6.31. The van der Waals surface area contributed by atoms with Crippen LogP contribution in [-0.2, 0) is 6.54 Å². The van der Waals surface area contributed by atoms with Crippen LogP contribution in [0.4, 0.5) is 5.95 Å². The van der Waals surface area contributed by atoms with Crippen LogP contribution < -0.4 is 4.90 Å². The Morgan fingerprint density at radius 1 is 1.06 bits per heavy atom. The topological polar surface area (TPSA) is 54.8 Å². The summed E-state index contributed by atoms with van der Waals surface area (Å²) < 4.78 is 0. The van der Waals surface area contributed by atoms with E-state index in [4.69, 9.17) is 23.2 Å². The molecule has 0 aliphatic rings. The van der Waals surface area contributed by atoms with Crippen LogP contribution in [0.25, 0.3) is 0 Å². The van der Waals surface area contributed by atoms with Gasteiger partial charge in [0.1, 0.15) is 0 Å². The van der Waals surface area contributed by atoms with Crippen molar-refractivity contribution in [2.45, 2.75) is 6.54 Å². The Labute approximate surface area is 108 Å². The second-order valence-electron chi connectivity index (χ2n) is 3.38. The highest BCUT2D eigenvalue weighted by atomic mass is 35.5. The summed E-state index contributed by atoms with van der Waals surface area (Å²) in [6.45, 7) is 0.638. The van der Waals surface area contributed by atoms with Crippen LogP contribution in [0.2, 0.25) is 10.6 Å². The number of nitrogens with zero attached hydrogens (tertiary/aromatic N) is 5. The largest absolute Gasteiger partial charge is 0.339 e. The molecular weight excluding hydrogens is 261 g/mol. The molecule has 0 atom stereocenters. The van der Waals surface area contributed by atoms with E-state index in [-0.39, 0.29) is 10.6 Å². The van der Waals surface area contributed by atoms with Gasteiger partial charge in [-0.3, -0.25) is 4.98 Å². The van der Waals surface area contributed by atoms with Crippen LogP contribution in [0, 0.1) is 0 Å². The standard InChI is InChI=1S/C10H9Cl2N5/c1-17(6-7-2-4-13-5-3-7)10-15-8(11)14-9(12)16-10/h2-5H,6H2,1H3. The maximum atomic E-state index is 5.71. The molecule has 0 aromatic carbocycles. The molecule has 7 heteroatoms. The molecule has 0 saturated carbocycles. The second kappa shape index (κ2) is 5.25. The molecule has 17 heavy (non-hydrogen) atoms. The second-order valence-corrected chi connectivity index (χ2v) is 4.06. The number of aromatic nitrogens is 4. The van der Waals surface area contributed by atoms with E-state index in [9.17, 15) is 0 Å². The Bertz CT molecular complexity index is 485. The first-order valence-electron chi connectivity index (χ1n) is 4.82. The maximum Gasteiger partial charge on any atom is 0.231 e. The van der Waals surface area contributed by atoms with Crippen molar-refractivity contribution in [2.24, 2.45) is 0 Å². The summed E-state index contributed by atoms with van der Waals surface area (Å²) in [4.78, 5) is 17.5. The molecule has 0 spiro atoms. The van der Waals surface area contributed by atoms with Gasteiger partial charge in [-0.05, 0) is 40.9 Å². The van der Waals surface area contributed by atoms with E-state index in [1.54, 1.807) is 12.4 Å². The summed E-state index contributed by atoms with van der Waals surface area (Å²) in [5, 5.41) is 0.170. The highest BCUT2D eigenvalue weighted by Gasteiger charge is 2.08. The lowest BCUT2D eigenvalue weighted by Crippen LogP contribution is -2.19. The van der Waals surface area contributed by atoms with Gasteiger partial charge in [0.25, 0.3) is 0 Å². The van der Waals surface area contributed by atoms with Crippen molar-refractivity contribution < 1.29 is 0 Å². The Morgan fingerprint density at radius 3 is 2.24 bits per heavy atom. The summed E-state index contributed by atoms with van der Waals surface area (Å²) in [6.07, 6.45) is 3.47. The average molecular weight is 270 g/mol. The Morgan fingerprint density at radius 2 is 1.65 bits per heavy atom. The minimum Gasteiger partial charge on any atom is -0.339 e. The molecule has 0 radical (unpaired) electrons. The predicted octanol–water partition coefficient (Wildman–Crippen LogP) is 2.21. The first-order chi connectivity index (χ1) is 8.15. The molecule has 0 N–H and O–H groups in total. The summed E-state index contributed by atoms with van der Waals surface area (Å²) in [5.74, 6) is 0.437. The average Bonchev–Trinajstić information content (AvgIpc) is 2.29. The van der Waals surface area contributed by atoms with E-state index in [2.05, 4.69) is 19.9 Å². The zero-order valence-electron chi connectivity index (χ0n) is 9.01. The van der Waals surface area contributed by atoms with Crippen molar-refractivity contribution in [1.82, 2.24) is 19.9 Å². The fraction of sp³-hybridized carbons (Fsp3) is 0.200. The van der Waals surface area contributed by atoms with Crippen molar-refractivity contribution in [3.8, 4) is 0 Å². The molecule has 0 aliphatic carbocycles. The molecule has 2 aromatic heterocycles. The molecule has 0 saturated heterocycles. The van der Waals surface area contributed by atoms with Crippen LogP contribution in [-0.4, -0.2) is 27.0 Å². The molecule has 2 rings (SSSR count). The normalized spacial score (nSPS) is 10.3. The molecule has 2 heterocycles. The van der Waals surface area contributed by atoms with Crippen LogP contribution in [0.1, 0.15) is 5.56 Å². The number of hydrogen-bond acceptors (Lipinski definition) is 5. The first-order valence-corrected chi connectivity index (χ1v) is 5.58. The number of halogens is 2. The highest BCUT2D eigenvalue weighted by Crippen LogP contribution is 2.14.